The van der Waals surface area contributed by atoms with Crippen LogP contribution in [0.5, 0.6) is 0 Å². The number of nitrogens with zero attached hydrogens (tertiary/aromatic N) is 1. The van der Waals surface area contributed by atoms with Crippen LogP contribution in [-0.2, 0) is 4.79 Å². The second kappa shape index (κ2) is 4.69. The lowest BCUT2D eigenvalue weighted by molar-refractivity contribution is -0.139. The quantitative estimate of drug-likeness (QED) is 0.772. The molecule has 3 aliphatic carbocycles. The van der Waals surface area contributed by atoms with Gasteiger partial charge in [0.05, 0.1) is 12.0 Å². The van der Waals surface area contributed by atoms with Crippen molar-refractivity contribution < 1.29 is 14.7 Å². The molecule has 0 unspecified atom stereocenters. The minimum absolute atomic E-state index is 0.0321. The molecule has 0 aromatic heterocycles. The fourth-order valence-electron chi connectivity index (χ4n) is 2.90. The van der Waals surface area contributed by atoms with E-state index in [2.05, 4.69) is 5.32 Å². The monoisotopic (exact) mass is 266 g/mol. The average molecular weight is 266 g/mol. The molecule has 5 heteroatoms. The Balaban J connectivity index is 1.59. The molecule has 0 aromatic rings. The topological polar surface area (TPSA) is 69.6 Å². The van der Waals surface area contributed by atoms with Gasteiger partial charge < -0.3 is 15.3 Å². The molecule has 0 bridgehead atoms. The Bertz CT molecular complexity index is 384. The van der Waals surface area contributed by atoms with Crippen molar-refractivity contribution in [1.82, 2.24) is 10.2 Å². The van der Waals surface area contributed by atoms with Gasteiger partial charge in [0.25, 0.3) is 0 Å². The van der Waals surface area contributed by atoms with Crippen molar-refractivity contribution in [2.45, 2.75) is 62.9 Å². The summed E-state index contributed by atoms with van der Waals surface area (Å²) in [6.45, 7) is 0.861. The fourth-order valence-corrected chi connectivity index (χ4v) is 2.90. The van der Waals surface area contributed by atoms with Crippen LogP contribution in [0.2, 0.25) is 0 Å². The SMILES string of the molecule is O=C(O)CC1(NC(=O)N(CC2CC2)C2CC2)CCC1. The number of rotatable bonds is 6. The molecule has 0 aromatic carbocycles. The molecule has 3 saturated carbocycles. The minimum Gasteiger partial charge on any atom is -0.481 e. The lowest BCUT2D eigenvalue weighted by Crippen LogP contribution is -2.58. The summed E-state index contributed by atoms with van der Waals surface area (Å²) in [7, 11) is 0. The Kier molecular flexibility index (Phi) is 3.15. The van der Waals surface area contributed by atoms with Gasteiger partial charge in [0.1, 0.15) is 0 Å². The van der Waals surface area contributed by atoms with E-state index in [1.165, 1.54) is 12.8 Å². The lowest BCUT2D eigenvalue weighted by atomic mass is 9.74. The van der Waals surface area contributed by atoms with E-state index in [0.717, 1.165) is 38.6 Å². The van der Waals surface area contributed by atoms with Gasteiger partial charge in [0.15, 0.2) is 0 Å². The van der Waals surface area contributed by atoms with E-state index in [0.29, 0.717) is 12.0 Å². The Morgan fingerprint density at radius 1 is 1.21 bits per heavy atom. The van der Waals surface area contributed by atoms with Crippen molar-refractivity contribution in [3.8, 4) is 0 Å². The first kappa shape index (κ1) is 12.8. The maximum Gasteiger partial charge on any atom is 0.318 e. The van der Waals surface area contributed by atoms with Gasteiger partial charge in [-0.25, -0.2) is 4.79 Å². The van der Waals surface area contributed by atoms with E-state index in [1.807, 2.05) is 4.90 Å². The summed E-state index contributed by atoms with van der Waals surface area (Å²) in [6, 6.07) is 0.373. The molecule has 3 fully saturated rings. The number of carbonyl (C=O) groups excluding carboxylic acids is 1. The molecule has 0 radical (unpaired) electrons. The van der Waals surface area contributed by atoms with Gasteiger partial charge >= 0.3 is 12.0 Å². The zero-order chi connectivity index (χ0) is 13.5. The average Bonchev–Trinajstić information content (AvgIpc) is 3.13. The van der Waals surface area contributed by atoms with Gasteiger partial charge in [-0.2, -0.15) is 0 Å². The molecule has 0 saturated heterocycles. The molecule has 3 aliphatic rings. The van der Waals surface area contributed by atoms with Gasteiger partial charge in [0.2, 0.25) is 0 Å². The molecule has 19 heavy (non-hydrogen) atoms. The highest BCUT2D eigenvalue weighted by molar-refractivity contribution is 5.78. The van der Waals surface area contributed by atoms with E-state index in [1.54, 1.807) is 0 Å². The van der Waals surface area contributed by atoms with E-state index < -0.39 is 11.5 Å². The van der Waals surface area contributed by atoms with Crippen LogP contribution in [0.25, 0.3) is 0 Å². The van der Waals surface area contributed by atoms with Gasteiger partial charge in [0, 0.05) is 12.6 Å². The fraction of sp³-hybridized carbons (Fsp3) is 0.857. The molecular weight excluding hydrogens is 244 g/mol. The van der Waals surface area contributed by atoms with Crippen molar-refractivity contribution in [2.75, 3.05) is 6.54 Å². The zero-order valence-electron chi connectivity index (χ0n) is 11.2. The summed E-state index contributed by atoms with van der Waals surface area (Å²) >= 11 is 0. The Labute approximate surface area is 113 Å². The number of hydrogen-bond acceptors (Lipinski definition) is 2. The molecule has 2 N–H and O–H groups in total. The number of nitrogens with one attached hydrogen (secondary N) is 1. The van der Waals surface area contributed by atoms with Gasteiger partial charge in [-0.05, 0) is 50.9 Å². The van der Waals surface area contributed by atoms with E-state index in [-0.39, 0.29) is 12.5 Å². The van der Waals surface area contributed by atoms with Crippen LogP contribution in [0, 0.1) is 5.92 Å². The van der Waals surface area contributed by atoms with E-state index in [4.69, 9.17) is 5.11 Å². The van der Waals surface area contributed by atoms with Crippen LogP contribution in [0.4, 0.5) is 4.79 Å². The lowest BCUT2D eigenvalue weighted by Gasteiger charge is -2.42. The largest absolute Gasteiger partial charge is 0.481 e. The van der Waals surface area contributed by atoms with Gasteiger partial charge in [-0.1, -0.05) is 0 Å². The maximum absolute atomic E-state index is 12.4. The third-order valence-electron chi connectivity index (χ3n) is 4.57. The molecule has 5 nitrogen and oxygen atoms in total. The smallest absolute Gasteiger partial charge is 0.318 e. The summed E-state index contributed by atoms with van der Waals surface area (Å²) in [4.78, 5) is 25.3. The minimum atomic E-state index is -0.819. The molecule has 0 heterocycles. The molecule has 0 spiro atoms. The Morgan fingerprint density at radius 2 is 1.89 bits per heavy atom. The molecule has 0 atom stereocenters. The summed E-state index contributed by atoms with van der Waals surface area (Å²) < 4.78 is 0. The predicted molar refractivity (Wildman–Crippen MR) is 69.8 cm³/mol. The number of carbonyl (C=O) groups is 2. The van der Waals surface area contributed by atoms with Crippen molar-refractivity contribution in [2.24, 2.45) is 5.92 Å². The Morgan fingerprint density at radius 3 is 2.32 bits per heavy atom. The molecular formula is C14H22N2O3. The van der Waals surface area contributed by atoms with Crippen LogP contribution in [0.1, 0.15) is 51.4 Å². The summed E-state index contributed by atoms with van der Waals surface area (Å²) in [5.41, 5.74) is -0.473. The number of aliphatic carboxylic acids is 1. The van der Waals surface area contributed by atoms with Crippen molar-refractivity contribution in [1.29, 1.82) is 0 Å². The summed E-state index contributed by atoms with van der Waals surface area (Å²) in [5, 5.41) is 12.0. The van der Waals surface area contributed by atoms with Crippen molar-refractivity contribution in [3.63, 3.8) is 0 Å². The maximum atomic E-state index is 12.4. The van der Waals surface area contributed by atoms with Crippen LogP contribution in [-0.4, -0.2) is 40.1 Å². The van der Waals surface area contributed by atoms with Gasteiger partial charge in [-0.15, -0.1) is 0 Å². The first-order valence-corrected chi connectivity index (χ1v) is 7.39. The van der Waals surface area contributed by atoms with Gasteiger partial charge in [-0.3, -0.25) is 4.79 Å². The second-order valence-electron chi connectivity index (χ2n) is 6.46. The number of amides is 2. The van der Waals surface area contributed by atoms with Crippen molar-refractivity contribution >= 4 is 12.0 Å². The van der Waals surface area contributed by atoms with Crippen LogP contribution < -0.4 is 5.32 Å². The third kappa shape index (κ3) is 3.01. The Hall–Kier alpha value is -1.26. The standard InChI is InChI=1S/C14H22N2O3/c17-12(18)8-14(6-1-7-14)15-13(19)16(11-4-5-11)9-10-2-3-10/h10-11H,1-9H2,(H,15,19)(H,17,18). The number of carboxylic acids is 1. The molecule has 2 amide bonds. The number of hydrogen-bond donors (Lipinski definition) is 2. The molecule has 0 aliphatic heterocycles. The third-order valence-corrected chi connectivity index (χ3v) is 4.57. The summed E-state index contributed by atoms with van der Waals surface area (Å²) in [5.74, 6) is -0.136. The first-order chi connectivity index (χ1) is 9.08. The summed E-state index contributed by atoms with van der Waals surface area (Å²) in [6.07, 6.45) is 7.34. The highest BCUT2D eigenvalue weighted by Crippen LogP contribution is 2.38. The number of carboxylic acid groups (broad SMARTS) is 1. The zero-order valence-corrected chi connectivity index (χ0v) is 11.2. The van der Waals surface area contributed by atoms with Crippen molar-refractivity contribution in [3.05, 3.63) is 0 Å². The van der Waals surface area contributed by atoms with E-state index >= 15 is 0 Å². The van der Waals surface area contributed by atoms with Crippen LogP contribution >= 0.6 is 0 Å². The highest BCUT2D eigenvalue weighted by Gasteiger charge is 2.43. The molecule has 106 valence electrons. The van der Waals surface area contributed by atoms with Crippen LogP contribution in [0.15, 0.2) is 0 Å². The second-order valence-corrected chi connectivity index (χ2v) is 6.46. The number of urea groups is 1. The van der Waals surface area contributed by atoms with Crippen LogP contribution in [0.3, 0.4) is 0 Å². The van der Waals surface area contributed by atoms with E-state index in [9.17, 15) is 9.59 Å². The first-order valence-electron chi connectivity index (χ1n) is 7.39. The highest BCUT2D eigenvalue weighted by atomic mass is 16.4. The molecule has 3 rings (SSSR count). The predicted octanol–water partition coefficient (Wildman–Crippen LogP) is 1.97. The normalized spacial score (nSPS) is 24.4.